The summed E-state index contributed by atoms with van der Waals surface area (Å²) in [6.07, 6.45) is 3.14. The summed E-state index contributed by atoms with van der Waals surface area (Å²) >= 11 is 2.74. The molecule has 0 radical (unpaired) electrons. The van der Waals surface area contributed by atoms with Crippen molar-refractivity contribution in [2.75, 3.05) is 10.6 Å². The number of nitrogens with one attached hydrogen (secondary N) is 3. The van der Waals surface area contributed by atoms with Crippen LogP contribution in [0.15, 0.2) is 154 Å². The SMILES string of the molecule is O=C(Nc1ccc(SC(C(=O)Nc2nccs2)c2ccccc2)cc1)C(=Cc1ccc(-c2ccccc2)o1)NC(=O)c1ccccc1. The highest BCUT2D eigenvalue weighted by atomic mass is 32.2. The largest absolute Gasteiger partial charge is 0.457 e. The van der Waals surface area contributed by atoms with Gasteiger partial charge in [0.25, 0.3) is 11.8 Å². The minimum absolute atomic E-state index is 0.00858. The molecule has 6 rings (SSSR count). The number of hydrogen-bond donors (Lipinski definition) is 3. The summed E-state index contributed by atoms with van der Waals surface area (Å²) < 4.78 is 5.98. The van der Waals surface area contributed by atoms with Gasteiger partial charge < -0.3 is 20.4 Å². The van der Waals surface area contributed by atoms with Gasteiger partial charge in [-0.3, -0.25) is 14.4 Å². The van der Waals surface area contributed by atoms with Gasteiger partial charge in [0.1, 0.15) is 22.5 Å². The highest BCUT2D eigenvalue weighted by Crippen LogP contribution is 2.37. The van der Waals surface area contributed by atoms with Crippen LogP contribution in [0.5, 0.6) is 0 Å². The monoisotopic (exact) mass is 656 g/mol. The van der Waals surface area contributed by atoms with Crippen LogP contribution in [-0.4, -0.2) is 22.7 Å². The predicted octanol–water partition coefficient (Wildman–Crippen LogP) is 8.28. The first-order chi connectivity index (χ1) is 23.0. The lowest BCUT2D eigenvalue weighted by atomic mass is 10.1. The molecule has 3 amide bonds. The highest BCUT2D eigenvalue weighted by Gasteiger charge is 2.23. The Morgan fingerprint density at radius 1 is 0.766 bits per heavy atom. The Balaban J connectivity index is 1.20. The Bertz CT molecular complexity index is 1980. The van der Waals surface area contributed by atoms with Crippen molar-refractivity contribution in [3.05, 3.63) is 162 Å². The van der Waals surface area contributed by atoms with Gasteiger partial charge in [0.2, 0.25) is 5.91 Å². The molecular formula is C37H28N4O4S2. The third-order valence-corrected chi connectivity index (χ3v) is 8.82. The minimum atomic E-state index is -0.530. The van der Waals surface area contributed by atoms with E-state index in [0.717, 1.165) is 16.0 Å². The Morgan fingerprint density at radius 3 is 2.13 bits per heavy atom. The first-order valence-electron chi connectivity index (χ1n) is 14.6. The Kier molecular flexibility index (Phi) is 10.0. The predicted molar refractivity (Wildman–Crippen MR) is 187 cm³/mol. The number of benzene rings is 4. The third-order valence-electron chi connectivity index (χ3n) is 6.87. The molecule has 10 heteroatoms. The van der Waals surface area contributed by atoms with E-state index < -0.39 is 17.1 Å². The zero-order chi connectivity index (χ0) is 32.4. The quantitative estimate of drug-likeness (QED) is 0.0956. The molecule has 8 nitrogen and oxygen atoms in total. The van der Waals surface area contributed by atoms with E-state index >= 15 is 0 Å². The van der Waals surface area contributed by atoms with Crippen molar-refractivity contribution >= 4 is 57.7 Å². The second-order valence-corrected chi connectivity index (χ2v) is 12.2. The van der Waals surface area contributed by atoms with Crippen LogP contribution in [0.4, 0.5) is 10.8 Å². The molecule has 0 saturated carbocycles. The molecular weight excluding hydrogens is 629 g/mol. The molecule has 0 aliphatic carbocycles. The van der Waals surface area contributed by atoms with Crippen LogP contribution < -0.4 is 16.0 Å². The summed E-state index contributed by atoms with van der Waals surface area (Å²) in [5, 5.41) is 10.3. The molecule has 2 heterocycles. The lowest BCUT2D eigenvalue weighted by Gasteiger charge is -2.16. The van der Waals surface area contributed by atoms with Gasteiger partial charge in [0.15, 0.2) is 5.13 Å². The van der Waals surface area contributed by atoms with Crippen molar-refractivity contribution in [2.24, 2.45) is 0 Å². The van der Waals surface area contributed by atoms with Gasteiger partial charge in [-0.1, -0.05) is 78.9 Å². The maximum atomic E-state index is 13.6. The van der Waals surface area contributed by atoms with E-state index in [-0.39, 0.29) is 11.6 Å². The molecule has 232 valence electrons. The zero-order valence-corrected chi connectivity index (χ0v) is 26.5. The number of carbonyl (C=O) groups excluding carboxylic acids is 3. The first-order valence-corrected chi connectivity index (χ1v) is 16.3. The third kappa shape index (κ3) is 8.31. The fourth-order valence-corrected chi connectivity index (χ4v) is 6.14. The van der Waals surface area contributed by atoms with Crippen molar-refractivity contribution in [1.82, 2.24) is 10.3 Å². The smallest absolute Gasteiger partial charge is 0.272 e. The Labute approximate surface area is 279 Å². The molecule has 0 aliphatic rings. The Hall–Kier alpha value is -5.71. The van der Waals surface area contributed by atoms with E-state index in [0.29, 0.717) is 27.9 Å². The maximum absolute atomic E-state index is 13.6. The molecule has 2 aromatic heterocycles. The number of nitrogens with zero attached hydrogens (tertiary/aromatic N) is 1. The number of thiazole rings is 1. The van der Waals surface area contributed by atoms with Crippen molar-refractivity contribution < 1.29 is 18.8 Å². The summed E-state index contributed by atoms with van der Waals surface area (Å²) in [6, 6.07) is 38.5. The van der Waals surface area contributed by atoms with E-state index in [9.17, 15) is 14.4 Å². The van der Waals surface area contributed by atoms with Crippen molar-refractivity contribution in [3.8, 4) is 11.3 Å². The van der Waals surface area contributed by atoms with Crippen LogP contribution in [0, 0.1) is 0 Å². The number of hydrogen-bond acceptors (Lipinski definition) is 7. The van der Waals surface area contributed by atoms with E-state index in [4.69, 9.17) is 4.42 Å². The van der Waals surface area contributed by atoms with E-state index in [1.54, 1.807) is 54.0 Å². The number of amides is 3. The summed E-state index contributed by atoms with van der Waals surface area (Å²) in [5.74, 6) is -0.120. The average molecular weight is 657 g/mol. The first kappa shape index (κ1) is 31.3. The molecule has 6 aromatic rings. The molecule has 4 aromatic carbocycles. The molecule has 0 saturated heterocycles. The summed E-state index contributed by atoms with van der Waals surface area (Å²) in [5.41, 5.74) is 2.66. The van der Waals surface area contributed by atoms with Crippen molar-refractivity contribution in [2.45, 2.75) is 10.1 Å². The number of rotatable bonds is 11. The van der Waals surface area contributed by atoms with Crippen LogP contribution in [0.2, 0.25) is 0 Å². The van der Waals surface area contributed by atoms with Crippen LogP contribution in [0.1, 0.15) is 26.9 Å². The van der Waals surface area contributed by atoms with Gasteiger partial charge >= 0.3 is 0 Å². The molecule has 3 N–H and O–H groups in total. The van der Waals surface area contributed by atoms with Gasteiger partial charge in [0.05, 0.1) is 0 Å². The van der Waals surface area contributed by atoms with Crippen LogP contribution >= 0.6 is 23.1 Å². The number of aromatic nitrogens is 1. The summed E-state index contributed by atoms with van der Waals surface area (Å²) in [6.45, 7) is 0. The van der Waals surface area contributed by atoms with Gasteiger partial charge in [-0.05, 0) is 54.1 Å². The number of carbonyl (C=O) groups is 3. The van der Waals surface area contributed by atoms with Crippen LogP contribution in [0.25, 0.3) is 17.4 Å². The van der Waals surface area contributed by atoms with Gasteiger partial charge in [-0.15, -0.1) is 23.1 Å². The van der Waals surface area contributed by atoms with E-state index in [1.165, 1.54) is 29.2 Å². The molecule has 0 spiro atoms. The lowest BCUT2D eigenvalue weighted by molar-refractivity contribution is -0.116. The van der Waals surface area contributed by atoms with Crippen LogP contribution in [-0.2, 0) is 9.59 Å². The minimum Gasteiger partial charge on any atom is -0.457 e. The standard InChI is InChI=1S/C37H28N4O4S2/c42-34(27-14-8-3-9-15-27)40-31(24-29-18-21-32(45-29)25-10-4-1-5-11-25)35(43)39-28-16-19-30(20-17-28)47-33(26-12-6-2-7-13-26)36(44)41-37-38-22-23-46-37/h1-24,33H,(H,39,43)(H,40,42)(H,38,41,44). The molecule has 1 unspecified atom stereocenters. The van der Waals surface area contributed by atoms with Crippen molar-refractivity contribution in [1.29, 1.82) is 0 Å². The number of furan rings is 1. The van der Waals surface area contributed by atoms with Gasteiger partial charge in [-0.25, -0.2) is 4.98 Å². The topological polar surface area (TPSA) is 113 Å². The number of thioether (sulfide) groups is 1. The van der Waals surface area contributed by atoms with Crippen molar-refractivity contribution in [3.63, 3.8) is 0 Å². The zero-order valence-electron chi connectivity index (χ0n) is 24.8. The Morgan fingerprint density at radius 2 is 1.45 bits per heavy atom. The summed E-state index contributed by atoms with van der Waals surface area (Å²) in [4.78, 5) is 44.8. The normalized spacial score (nSPS) is 11.8. The molecule has 1 atom stereocenters. The van der Waals surface area contributed by atoms with E-state index in [1.807, 2.05) is 84.9 Å². The average Bonchev–Trinajstić information content (AvgIpc) is 3.81. The molecule has 0 fully saturated rings. The van der Waals surface area contributed by atoms with Gasteiger partial charge in [0, 0.05) is 39.4 Å². The molecule has 47 heavy (non-hydrogen) atoms. The van der Waals surface area contributed by atoms with Crippen LogP contribution in [0.3, 0.4) is 0 Å². The second kappa shape index (κ2) is 15.0. The molecule has 0 aliphatic heterocycles. The summed E-state index contributed by atoms with van der Waals surface area (Å²) in [7, 11) is 0. The second-order valence-electron chi connectivity index (χ2n) is 10.2. The fourth-order valence-electron chi connectivity index (χ4n) is 4.58. The number of anilines is 2. The highest BCUT2D eigenvalue weighted by molar-refractivity contribution is 8.00. The molecule has 0 bridgehead atoms. The lowest BCUT2D eigenvalue weighted by Crippen LogP contribution is -2.30. The fraction of sp³-hybridized carbons (Fsp3) is 0.0270. The van der Waals surface area contributed by atoms with E-state index in [2.05, 4.69) is 20.9 Å². The van der Waals surface area contributed by atoms with Gasteiger partial charge in [-0.2, -0.15) is 0 Å². The maximum Gasteiger partial charge on any atom is 0.272 e.